The number of rotatable bonds is 8. The van der Waals surface area contributed by atoms with Crippen molar-refractivity contribution in [2.24, 2.45) is 5.92 Å². The number of amides is 2. The molecule has 0 radical (unpaired) electrons. The third-order valence-corrected chi connectivity index (χ3v) is 5.62. The number of hydrogen-bond acceptors (Lipinski definition) is 4. The van der Waals surface area contributed by atoms with Crippen molar-refractivity contribution in [3.05, 3.63) is 82.6 Å². The number of anilines is 1. The number of benzene rings is 2. The molecule has 1 aromatic heterocycles. The van der Waals surface area contributed by atoms with Gasteiger partial charge in [-0.2, -0.15) is 0 Å². The van der Waals surface area contributed by atoms with Gasteiger partial charge in [-0.05, 0) is 42.0 Å². The fraction of sp³-hybridized carbons (Fsp3) is 0.217. The van der Waals surface area contributed by atoms with Gasteiger partial charge in [-0.1, -0.05) is 42.5 Å². The molecular weight excluding hydrogens is 384 g/mol. The first-order chi connectivity index (χ1) is 14.2. The summed E-state index contributed by atoms with van der Waals surface area (Å²) in [4.78, 5) is 25.5. The Hall–Kier alpha value is -3.12. The molecule has 0 aliphatic heterocycles. The van der Waals surface area contributed by atoms with Crippen molar-refractivity contribution in [1.82, 2.24) is 5.32 Å². The summed E-state index contributed by atoms with van der Waals surface area (Å²) >= 11 is 1.60. The molecule has 4 rings (SSSR count). The smallest absolute Gasteiger partial charge is 0.258 e. The van der Waals surface area contributed by atoms with Crippen molar-refractivity contribution < 1.29 is 14.3 Å². The topological polar surface area (TPSA) is 67.4 Å². The van der Waals surface area contributed by atoms with E-state index >= 15 is 0 Å². The number of thiophene rings is 1. The predicted molar refractivity (Wildman–Crippen MR) is 114 cm³/mol. The second-order valence-corrected chi connectivity index (χ2v) is 7.99. The van der Waals surface area contributed by atoms with Gasteiger partial charge < -0.3 is 15.4 Å². The zero-order valence-electron chi connectivity index (χ0n) is 15.8. The molecule has 0 saturated heterocycles. The summed E-state index contributed by atoms with van der Waals surface area (Å²) in [5, 5.41) is 7.93. The molecule has 2 aromatic carbocycles. The van der Waals surface area contributed by atoms with Crippen LogP contribution in [0.3, 0.4) is 0 Å². The molecule has 6 heteroatoms. The lowest BCUT2D eigenvalue weighted by molar-refractivity contribution is -0.123. The average Bonchev–Trinajstić information content (AvgIpc) is 3.47. The monoisotopic (exact) mass is 406 g/mol. The van der Waals surface area contributed by atoms with Crippen molar-refractivity contribution in [3.8, 4) is 5.75 Å². The highest BCUT2D eigenvalue weighted by Gasteiger charge is 2.29. The van der Waals surface area contributed by atoms with E-state index in [1.807, 2.05) is 53.9 Å². The third kappa shape index (κ3) is 5.23. The van der Waals surface area contributed by atoms with Gasteiger partial charge in [-0.3, -0.25) is 9.59 Å². The van der Waals surface area contributed by atoms with E-state index < -0.39 is 0 Å². The quantitative estimate of drug-likeness (QED) is 0.583. The summed E-state index contributed by atoms with van der Waals surface area (Å²) < 4.78 is 5.66. The molecule has 5 nitrogen and oxygen atoms in total. The lowest BCUT2D eigenvalue weighted by Crippen LogP contribution is -2.32. The zero-order chi connectivity index (χ0) is 20.1. The van der Waals surface area contributed by atoms with Gasteiger partial charge >= 0.3 is 0 Å². The van der Waals surface area contributed by atoms with Crippen LogP contribution in [0.2, 0.25) is 0 Å². The Balaban J connectivity index is 1.37. The van der Waals surface area contributed by atoms with Crippen LogP contribution in [0, 0.1) is 5.92 Å². The van der Waals surface area contributed by atoms with Gasteiger partial charge in [0, 0.05) is 22.5 Å². The maximum atomic E-state index is 12.6. The van der Waals surface area contributed by atoms with E-state index in [2.05, 4.69) is 10.6 Å². The number of ether oxygens (including phenoxy) is 1. The molecule has 2 amide bonds. The summed E-state index contributed by atoms with van der Waals surface area (Å²) in [5.74, 6) is 0.514. The molecule has 0 bridgehead atoms. The Bertz CT molecular complexity index is 969. The van der Waals surface area contributed by atoms with Crippen LogP contribution in [0.5, 0.6) is 5.75 Å². The largest absolute Gasteiger partial charge is 0.484 e. The van der Waals surface area contributed by atoms with E-state index in [1.165, 1.54) is 0 Å². The molecule has 1 saturated carbocycles. The van der Waals surface area contributed by atoms with E-state index in [9.17, 15) is 9.59 Å². The highest BCUT2D eigenvalue weighted by Crippen LogP contribution is 2.30. The van der Waals surface area contributed by atoms with E-state index in [-0.39, 0.29) is 30.4 Å². The van der Waals surface area contributed by atoms with Crippen molar-refractivity contribution in [3.63, 3.8) is 0 Å². The second kappa shape index (κ2) is 8.92. The van der Waals surface area contributed by atoms with Gasteiger partial charge in [0.15, 0.2) is 6.61 Å². The Morgan fingerprint density at radius 1 is 1.03 bits per heavy atom. The van der Waals surface area contributed by atoms with E-state index in [0.717, 1.165) is 23.3 Å². The second-order valence-electron chi connectivity index (χ2n) is 7.01. The highest BCUT2D eigenvalue weighted by molar-refractivity contribution is 7.10. The minimum absolute atomic E-state index is 0.0431. The minimum Gasteiger partial charge on any atom is -0.484 e. The Morgan fingerprint density at radius 3 is 2.59 bits per heavy atom. The molecule has 1 aliphatic carbocycles. The first-order valence-corrected chi connectivity index (χ1v) is 10.5. The lowest BCUT2D eigenvalue weighted by atomic mass is 10.1. The molecule has 0 spiro atoms. The number of hydrogen-bond donors (Lipinski definition) is 2. The van der Waals surface area contributed by atoms with Crippen LogP contribution >= 0.6 is 11.3 Å². The van der Waals surface area contributed by atoms with Crippen LogP contribution in [0.4, 0.5) is 5.69 Å². The van der Waals surface area contributed by atoms with Gasteiger partial charge in [0.2, 0.25) is 5.91 Å². The molecule has 3 aromatic rings. The number of carbonyl (C=O) groups excluding carboxylic acids is 2. The Morgan fingerprint density at radius 2 is 1.86 bits per heavy atom. The SMILES string of the molecule is O=C(COc1cccc(NC(=O)C2CC2)c1)NC(c1ccccc1)c1cccs1. The van der Waals surface area contributed by atoms with Crippen molar-refractivity contribution in [1.29, 1.82) is 0 Å². The molecule has 2 N–H and O–H groups in total. The van der Waals surface area contributed by atoms with Crippen LogP contribution in [0.1, 0.15) is 29.3 Å². The van der Waals surface area contributed by atoms with Crippen molar-refractivity contribution in [2.45, 2.75) is 18.9 Å². The van der Waals surface area contributed by atoms with Crippen molar-refractivity contribution >= 4 is 28.8 Å². The first-order valence-electron chi connectivity index (χ1n) is 9.60. The Labute approximate surface area is 173 Å². The van der Waals surface area contributed by atoms with Gasteiger partial charge in [0.25, 0.3) is 5.91 Å². The minimum atomic E-state index is -0.212. The maximum Gasteiger partial charge on any atom is 0.258 e. The van der Waals surface area contributed by atoms with Crippen LogP contribution in [-0.4, -0.2) is 18.4 Å². The summed E-state index contributed by atoms with van der Waals surface area (Å²) in [6.45, 7) is -0.102. The fourth-order valence-electron chi connectivity index (χ4n) is 3.02. The van der Waals surface area contributed by atoms with E-state index in [0.29, 0.717) is 11.4 Å². The molecule has 1 unspecified atom stereocenters. The summed E-state index contributed by atoms with van der Waals surface area (Å²) in [6, 6.07) is 20.8. The van der Waals surface area contributed by atoms with Crippen molar-refractivity contribution in [2.75, 3.05) is 11.9 Å². The van der Waals surface area contributed by atoms with Crippen LogP contribution in [-0.2, 0) is 9.59 Å². The predicted octanol–water partition coefficient (Wildman–Crippen LogP) is 4.38. The maximum absolute atomic E-state index is 12.6. The van der Waals surface area contributed by atoms with Gasteiger partial charge in [0.1, 0.15) is 5.75 Å². The molecular formula is C23H22N2O3S. The zero-order valence-corrected chi connectivity index (χ0v) is 16.7. The molecule has 1 fully saturated rings. The van der Waals surface area contributed by atoms with Gasteiger partial charge in [0.05, 0.1) is 6.04 Å². The summed E-state index contributed by atoms with van der Waals surface area (Å²) in [6.07, 6.45) is 1.91. The summed E-state index contributed by atoms with van der Waals surface area (Å²) in [7, 11) is 0. The Kier molecular flexibility index (Phi) is 5.91. The van der Waals surface area contributed by atoms with E-state index in [4.69, 9.17) is 4.74 Å². The first kappa shape index (κ1) is 19.2. The van der Waals surface area contributed by atoms with Crippen LogP contribution in [0.25, 0.3) is 0 Å². The molecule has 148 valence electrons. The highest BCUT2D eigenvalue weighted by atomic mass is 32.1. The van der Waals surface area contributed by atoms with Gasteiger partial charge in [-0.15, -0.1) is 11.3 Å². The standard InChI is InChI=1S/C23H22N2O3S/c26-21(25-22(20-10-5-13-29-20)16-6-2-1-3-7-16)15-28-19-9-4-8-18(14-19)24-23(27)17-11-12-17/h1-10,13-14,17,22H,11-12,15H2,(H,24,27)(H,25,26). The average molecular weight is 407 g/mol. The van der Waals surface area contributed by atoms with Gasteiger partial charge in [-0.25, -0.2) is 0 Å². The lowest BCUT2D eigenvalue weighted by Gasteiger charge is -2.18. The summed E-state index contributed by atoms with van der Waals surface area (Å²) in [5.41, 5.74) is 1.70. The molecule has 1 aliphatic rings. The molecule has 1 heterocycles. The molecule has 1 atom stereocenters. The fourth-order valence-corrected chi connectivity index (χ4v) is 3.83. The van der Waals surface area contributed by atoms with Crippen LogP contribution in [0.15, 0.2) is 72.1 Å². The van der Waals surface area contributed by atoms with Crippen LogP contribution < -0.4 is 15.4 Å². The third-order valence-electron chi connectivity index (χ3n) is 4.69. The number of nitrogens with one attached hydrogen (secondary N) is 2. The van der Waals surface area contributed by atoms with E-state index in [1.54, 1.807) is 29.5 Å². The number of carbonyl (C=O) groups is 2. The normalized spacial score (nSPS) is 14.1. The molecule has 29 heavy (non-hydrogen) atoms.